The summed E-state index contributed by atoms with van der Waals surface area (Å²) in [5.41, 5.74) is -0.694. The van der Waals surface area contributed by atoms with Gasteiger partial charge in [0.25, 0.3) is 0 Å². The van der Waals surface area contributed by atoms with E-state index in [0.29, 0.717) is 25.0 Å². The first-order chi connectivity index (χ1) is 9.34. The fourth-order valence-corrected chi connectivity index (χ4v) is 3.76. The molecule has 0 aromatic heterocycles. The largest absolute Gasteiger partial charge is 0.491 e. The summed E-state index contributed by atoms with van der Waals surface area (Å²) in [5.74, 6) is -2.36. The van der Waals surface area contributed by atoms with E-state index in [9.17, 15) is 17.2 Å². The van der Waals surface area contributed by atoms with Crippen molar-refractivity contribution >= 4 is 22.6 Å². The third-order valence-electron chi connectivity index (χ3n) is 3.26. The Balaban J connectivity index is 2.44. The Morgan fingerprint density at radius 2 is 1.65 bits per heavy atom. The fraction of sp³-hybridized carbons (Fsp3) is 0.455. The first-order valence-electron chi connectivity index (χ1n) is 6.19. The average molecular weight is 305 g/mol. The van der Waals surface area contributed by atoms with E-state index in [1.807, 2.05) is 0 Å². The molecule has 1 aromatic rings. The maximum atomic E-state index is 13.8. The van der Waals surface area contributed by atoms with Crippen molar-refractivity contribution in [1.29, 1.82) is 0 Å². The van der Waals surface area contributed by atoms with E-state index in [2.05, 4.69) is 0 Å². The van der Waals surface area contributed by atoms with Gasteiger partial charge in [0.1, 0.15) is 16.5 Å². The molecule has 0 bridgehead atoms. The molecule has 1 aliphatic rings. The zero-order valence-electron chi connectivity index (χ0n) is 10.6. The van der Waals surface area contributed by atoms with Gasteiger partial charge < -0.3 is 10.0 Å². The average Bonchev–Trinajstić information content (AvgIpc) is 2.41. The van der Waals surface area contributed by atoms with Gasteiger partial charge in [-0.15, -0.1) is 0 Å². The third kappa shape index (κ3) is 2.85. The van der Waals surface area contributed by atoms with Crippen LogP contribution in [0, 0.1) is 11.6 Å². The number of hydrogen-bond donors (Lipinski definition) is 2. The molecule has 20 heavy (non-hydrogen) atoms. The van der Waals surface area contributed by atoms with Crippen LogP contribution in [0.15, 0.2) is 17.0 Å². The molecule has 0 saturated carbocycles. The Morgan fingerprint density at radius 1 is 1.05 bits per heavy atom. The Hall–Kier alpha value is -1.03. The van der Waals surface area contributed by atoms with Crippen molar-refractivity contribution in [3.05, 3.63) is 23.8 Å². The van der Waals surface area contributed by atoms with Crippen LogP contribution in [0.5, 0.6) is 0 Å². The minimum atomic E-state index is -4.10. The highest BCUT2D eigenvalue weighted by Gasteiger charge is 2.31. The van der Waals surface area contributed by atoms with E-state index < -0.39 is 39.1 Å². The molecule has 0 atom stereocenters. The molecule has 1 fully saturated rings. The van der Waals surface area contributed by atoms with Gasteiger partial charge in [-0.2, -0.15) is 4.31 Å². The minimum absolute atomic E-state index is 0.272. The molecule has 0 unspecified atom stereocenters. The maximum Gasteiger partial charge on any atom is 0.491 e. The zero-order valence-corrected chi connectivity index (χ0v) is 11.4. The number of benzene rings is 1. The lowest BCUT2D eigenvalue weighted by atomic mass is 9.80. The summed E-state index contributed by atoms with van der Waals surface area (Å²) in [5, 5.41) is 17.7. The minimum Gasteiger partial charge on any atom is -0.423 e. The van der Waals surface area contributed by atoms with Gasteiger partial charge in [0.15, 0.2) is 0 Å². The van der Waals surface area contributed by atoms with Gasteiger partial charge in [-0.25, -0.2) is 17.2 Å². The smallest absolute Gasteiger partial charge is 0.423 e. The predicted molar refractivity (Wildman–Crippen MR) is 68.8 cm³/mol. The second kappa shape index (κ2) is 5.76. The second-order valence-corrected chi connectivity index (χ2v) is 6.55. The van der Waals surface area contributed by atoms with Gasteiger partial charge in [0, 0.05) is 18.6 Å². The number of sulfonamides is 1. The Kier molecular flexibility index (Phi) is 4.43. The molecular formula is C11H14BF2NO4S. The Bertz CT molecular complexity index is 603. The molecule has 1 heterocycles. The highest BCUT2D eigenvalue weighted by molar-refractivity contribution is 7.89. The number of nitrogens with zero attached hydrogens (tertiary/aromatic N) is 1. The number of halogens is 2. The highest BCUT2D eigenvalue weighted by Crippen LogP contribution is 2.23. The van der Waals surface area contributed by atoms with Crippen LogP contribution in [-0.4, -0.2) is 43.0 Å². The van der Waals surface area contributed by atoms with Crippen LogP contribution < -0.4 is 5.46 Å². The standard InChI is InChI=1S/C11H14BF2NO4S/c13-9-7-11(10(14)6-8(9)12(16)17)20(18,19)15-4-2-1-3-5-15/h6-7,16-17H,1-5H2. The molecular weight excluding hydrogens is 291 g/mol. The lowest BCUT2D eigenvalue weighted by molar-refractivity contribution is 0.344. The predicted octanol–water partition coefficient (Wildman–Crippen LogP) is -0.181. The molecule has 1 aromatic carbocycles. The maximum absolute atomic E-state index is 13.8. The number of hydrogen-bond acceptors (Lipinski definition) is 4. The quantitative estimate of drug-likeness (QED) is 0.760. The third-order valence-corrected chi connectivity index (χ3v) is 5.18. The molecule has 0 radical (unpaired) electrons. The van der Waals surface area contributed by atoms with Crippen molar-refractivity contribution in [2.45, 2.75) is 24.2 Å². The van der Waals surface area contributed by atoms with Crippen LogP contribution >= 0.6 is 0 Å². The lowest BCUT2D eigenvalue weighted by Crippen LogP contribution is -2.38. The van der Waals surface area contributed by atoms with Crippen LogP contribution in [0.3, 0.4) is 0 Å². The summed E-state index contributed by atoms with van der Waals surface area (Å²) in [6.07, 6.45) is 2.26. The van der Waals surface area contributed by atoms with Crippen molar-refractivity contribution < 1.29 is 27.2 Å². The molecule has 5 nitrogen and oxygen atoms in total. The molecule has 1 aliphatic heterocycles. The monoisotopic (exact) mass is 305 g/mol. The van der Waals surface area contributed by atoms with Crippen LogP contribution in [-0.2, 0) is 10.0 Å². The van der Waals surface area contributed by atoms with Gasteiger partial charge in [0.05, 0.1) is 0 Å². The van der Waals surface area contributed by atoms with Crippen LogP contribution in [0.1, 0.15) is 19.3 Å². The van der Waals surface area contributed by atoms with E-state index >= 15 is 0 Å². The molecule has 0 aliphatic carbocycles. The summed E-state index contributed by atoms with van der Waals surface area (Å²) >= 11 is 0. The van der Waals surface area contributed by atoms with Crippen molar-refractivity contribution in [1.82, 2.24) is 4.31 Å². The van der Waals surface area contributed by atoms with E-state index in [-0.39, 0.29) is 13.1 Å². The van der Waals surface area contributed by atoms with E-state index in [1.165, 1.54) is 0 Å². The Labute approximate surface area is 116 Å². The lowest BCUT2D eigenvalue weighted by Gasteiger charge is -2.26. The highest BCUT2D eigenvalue weighted by atomic mass is 32.2. The molecule has 110 valence electrons. The van der Waals surface area contributed by atoms with Gasteiger partial charge >= 0.3 is 7.12 Å². The van der Waals surface area contributed by atoms with E-state index in [4.69, 9.17) is 10.0 Å². The van der Waals surface area contributed by atoms with Gasteiger partial charge in [-0.3, -0.25) is 0 Å². The van der Waals surface area contributed by atoms with Crippen LogP contribution in [0.4, 0.5) is 8.78 Å². The van der Waals surface area contributed by atoms with E-state index in [1.54, 1.807) is 0 Å². The Morgan fingerprint density at radius 3 is 2.20 bits per heavy atom. The number of piperidine rings is 1. The first-order valence-corrected chi connectivity index (χ1v) is 7.63. The summed E-state index contributed by atoms with van der Waals surface area (Å²) in [6.45, 7) is 0.543. The molecule has 2 N–H and O–H groups in total. The summed E-state index contributed by atoms with van der Waals surface area (Å²) in [7, 11) is -6.30. The molecule has 0 amide bonds. The van der Waals surface area contributed by atoms with Crippen molar-refractivity contribution in [3.8, 4) is 0 Å². The fourth-order valence-electron chi connectivity index (χ4n) is 2.18. The van der Waals surface area contributed by atoms with Crippen LogP contribution in [0.25, 0.3) is 0 Å². The summed E-state index contributed by atoms with van der Waals surface area (Å²) < 4.78 is 53.0. The van der Waals surface area contributed by atoms with Gasteiger partial charge in [0.2, 0.25) is 10.0 Å². The molecule has 0 spiro atoms. The number of rotatable bonds is 3. The molecule has 2 rings (SSSR count). The zero-order chi connectivity index (χ0) is 14.9. The topological polar surface area (TPSA) is 77.8 Å². The van der Waals surface area contributed by atoms with Crippen molar-refractivity contribution in [2.75, 3.05) is 13.1 Å². The normalized spacial score (nSPS) is 17.2. The molecule has 1 saturated heterocycles. The van der Waals surface area contributed by atoms with Crippen molar-refractivity contribution in [2.24, 2.45) is 0 Å². The van der Waals surface area contributed by atoms with Crippen LogP contribution in [0.2, 0.25) is 0 Å². The van der Waals surface area contributed by atoms with E-state index in [0.717, 1.165) is 10.7 Å². The van der Waals surface area contributed by atoms with Crippen molar-refractivity contribution in [3.63, 3.8) is 0 Å². The summed E-state index contributed by atoms with van der Waals surface area (Å²) in [6, 6.07) is 0.991. The van der Waals surface area contributed by atoms with Gasteiger partial charge in [-0.05, 0) is 25.0 Å². The summed E-state index contributed by atoms with van der Waals surface area (Å²) in [4.78, 5) is -0.777. The second-order valence-electron chi connectivity index (χ2n) is 4.64. The first kappa shape index (κ1) is 15.4. The SMILES string of the molecule is O=S(=O)(c1cc(F)c(B(O)O)cc1F)N1CCCCC1. The molecule has 9 heteroatoms. The van der Waals surface area contributed by atoms with Gasteiger partial charge in [-0.1, -0.05) is 6.42 Å².